The Hall–Kier alpha value is -2.37. The Bertz CT molecular complexity index is 570. The van der Waals surface area contributed by atoms with Crippen LogP contribution in [0.1, 0.15) is 24.8 Å². The van der Waals surface area contributed by atoms with E-state index in [0.29, 0.717) is 17.8 Å². The number of hydrogen-bond donors (Lipinski definition) is 2. The second-order valence-corrected chi connectivity index (χ2v) is 5.24. The zero-order valence-corrected chi connectivity index (χ0v) is 12.7. The number of nitrogen functional groups attached to an aromatic ring is 1. The standard InChI is InChI=1S/C15H22N6/c1-11(12-7-5-4-6-8-12)9-10-17-14-18-13(16)19-15(20-14)21(2)3/h4-8,11H,9-10H2,1-3H3,(H3,16,17,18,19,20). The van der Waals surface area contributed by atoms with Crippen molar-refractivity contribution in [3.05, 3.63) is 35.9 Å². The first kappa shape index (κ1) is 15.0. The molecular formula is C15H22N6. The molecule has 1 aromatic heterocycles. The van der Waals surface area contributed by atoms with Gasteiger partial charge in [-0.3, -0.25) is 0 Å². The average molecular weight is 286 g/mol. The molecule has 0 amide bonds. The largest absolute Gasteiger partial charge is 0.368 e. The minimum atomic E-state index is 0.229. The summed E-state index contributed by atoms with van der Waals surface area (Å²) < 4.78 is 0. The van der Waals surface area contributed by atoms with Gasteiger partial charge in [0.15, 0.2) is 0 Å². The van der Waals surface area contributed by atoms with Crippen molar-refractivity contribution in [3.8, 4) is 0 Å². The van der Waals surface area contributed by atoms with Crippen LogP contribution < -0.4 is 16.0 Å². The topological polar surface area (TPSA) is 80.0 Å². The van der Waals surface area contributed by atoms with E-state index in [2.05, 4.69) is 51.5 Å². The van der Waals surface area contributed by atoms with Crippen molar-refractivity contribution in [3.63, 3.8) is 0 Å². The summed E-state index contributed by atoms with van der Waals surface area (Å²) in [6, 6.07) is 10.5. The number of nitrogens with two attached hydrogens (primary N) is 1. The van der Waals surface area contributed by atoms with Crippen LogP contribution in [0.15, 0.2) is 30.3 Å². The summed E-state index contributed by atoms with van der Waals surface area (Å²) in [6.45, 7) is 3.00. The van der Waals surface area contributed by atoms with Gasteiger partial charge in [0.2, 0.25) is 17.8 Å². The molecule has 1 atom stereocenters. The maximum absolute atomic E-state index is 5.69. The first-order valence-corrected chi connectivity index (χ1v) is 7.04. The smallest absolute Gasteiger partial charge is 0.231 e. The van der Waals surface area contributed by atoms with Crippen molar-refractivity contribution in [2.45, 2.75) is 19.3 Å². The van der Waals surface area contributed by atoms with E-state index in [4.69, 9.17) is 5.73 Å². The Labute approximate surface area is 125 Å². The lowest BCUT2D eigenvalue weighted by Crippen LogP contribution is -2.17. The van der Waals surface area contributed by atoms with Gasteiger partial charge in [0.25, 0.3) is 0 Å². The predicted octanol–water partition coefficient (Wildman–Crippen LogP) is 2.13. The van der Waals surface area contributed by atoms with Gasteiger partial charge in [-0.1, -0.05) is 37.3 Å². The number of nitrogens with zero attached hydrogens (tertiary/aromatic N) is 4. The van der Waals surface area contributed by atoms with Crippen molar-refractivity contribution < 1.29 is 0 Å². The third kappa shape index (κ3) is 4.30. The van der Waals surface area contributed by atoms with Crippen LogP contribution in [0.2, 0.25) is 0 Å². The summed E-state index contributed by atoms with van der Waals surface area (Å²) in [7, 11) is 3.74. The Morgan fingerprint density at radius 3 is 2.52 bits per heavy atom. The van der Waals surface area contributed by atoms with Crippen molar-refractivity contribution in [1.82, 2.24) is 15.0 Å². The molecular weight excluding hydrogens is 264 g/mol. The zero-order chi connectivity index (χ0) is 15.2. The summed E-state index contributed by atoms with van der Waals surface area (Å²) in [6.07, 6.45) is 0.993. The van der Waals surface area contributed by atoms with Gasteiger partial charge in [-0.25, -0.2) is 0 Å². The van der Waals surface area contributed by atoms with Crippen LogP contribution in [0.3, 0.4) is 0 Å². The van der Waals surface area contributed by atoms with Crippen LogP contribution in [0, 0.1) is 0 Å². The van der Waals surface area contributed by atoms with Crippen LogP contribution in [0.5, 0.6) is 0 Å². The molecule has 0 saturated heterocycles. The lowest BCUT2D eigenvalue weighted by atomic mass is 9.98. The van der Waals surface area contributed by atoms with Gasteiger partial charge in [-0.15, -0.1) is 0 Å². The van der Waals surface area contributed by atoms with Gasteiger partial charge in [-0.05, 0) is 17.9 Å². The first-order valence-electron chi connectivity index (χ1n) is 7.04. The lowest BCUT2D eigenvalue weighted by Gasteiger charge is -2.14. The number of anilines is 3. The highest BCUT2D eigenvalue weighted by atomic mass is 15.3. The highest BCUT2D eigenvalue weighted by Gasteiger charge is 2.07. The highest BCUT2D eigenvalue weighted by Crippen LogP contribution is 2.18. The molecule has 0 aliphatic carbocycles. The zero-order valence-electron chi connectivity index (χ0n) is 12.7. The third-order valence-electron chi connectivity index (χ3n) is 3.27. The van der Waals surface area contributed by atoms with Gasteiger partial charge < -0.3 is 16.0 Å². The maximum atomic E-state index is 5.69. The number of nitrogens with one attached hydrogen (secondary N) is 1. The molecule has 112 valence electrons. The summed E-state index contributed by atoms with van der Waals surface area (Å²) >= 11 is 0. The third-order valence-corrected chi connectivity index (χ3v) is 3.27. The minimum absolute atomic E-state index is 0.229. The van der Waals surface area contributed by atoms with Crippen LogP contribution in [-0.4, -0.2) is 35.6 Å². The van der Waals surface area contributed by atoms with E-state index < -0.39 is 0 Å². The van der Waals surface area contributed by atoms with Crippen LogP contribution >= 0.6 is 0 Å². The van der Waals surface area contributed by atoms with E-state index in [1.165, 1.54) is 5.56 Å². The van der Waals surface area contributed by atoms with Crippen molar-refractivity contribution >= 4 is 17.8 Å². The Kier molecular flexibility index (Phi) is 4.92. The molecule has 21 heavy (non-hydrogen) atoms. The fourth-order valence-electron chi connectivity index (χ4n) is 2.01. The fourth-order valence-corrected chi connectivity index (χ4v) is 2.01. The van der Waals surface area contributed by atoms with E-state index in [-0.39, 0.29) is 5.95 Å². The molecule has 0 saturated carbocycles. The van der Waals surface area contributed by atoms with Gasteiger partial charge in [0, 0.05) is 20.6 Å². The van der Waals surface area contributed by atoms with Crippen LogP contribution in [0.25, 0.3) is 0 Å². The Morgan fingerprint density at radius 2 is 1.86 bits per heavy atom. The Balaban J connectivity index is 1.91. The number of benzene rings is 1. The number of hydrogen-bond acceptors (Lipinski definition) is 6. The fraction of sp³-hybridized carbons (Fsp3) is 0.400. The summed E-state index contributed by atoms with van der Waals surface area (Å²) in [5.74, 6) is 1.78. The molecule has 1 aromatic carbocycles. The first-order chi connectivity index (χ1) is 10.1. The summed E-state index contributed by atoms with van der Waals surface area (Å²) in [5, 5.41) is 3.21. The molecule has 1 unspecified atom stereocenters. The molecule has 6 nitrogen and oxygen atoms in total. The van der Waals surface area contributed by atoms with E-state index in [1.54, 1.807) is 4.90 Å². The second-order valence-electron chi connectivity index (χ2n) is 5.24. The predicted molar refractivity (Wildman–Crippen MR) is 86.5 cm³/mol. The van der Waals surface area contributed by atoms with Crippen LogP contribution in [-0.2, 0) is 0 Å². The van der Waals surface area contributed by atoms with Gasteiger partial charge >= 0.3 is 0 Å². The quantitative estimate of drug-likeness (QED) is 0.846. The molecule has 0 bridgehead atoms. The highest BCUT2D eigenvalue weighted by molar-refractivity contribution is 5.40. The molecule has 0 spiro atoms. The monoisotopic (exact) mass is 286 g/mol. The van der Waals surface area contributed by atoms with E-state index in [0.717, 1.165) is 13.0 Å². The molecule has 1 heterocycles. The van der Waals surface area contributed by atoms with E-state index in [1.807, 2.05) is 20.2 Å². The molecule has 2 rings (SSSR count). The van der Waals surface area contributed by atoms with Crippen LogP contribution in [0.4, 0.5) is 17.8 Å². The number of rotatable bonds is 6. The molecule has 3 N–H and O–H groups in total. The number of aromatic nitrogens is 3. The van der Waals surface area contributed by atoms with Gasteiger partial charge in [0.1, 0.15) is 0 Å². The summed E-state index contributed by atoms with van der Waals surface area (Å²) in [4.78, 5) is 14.3. The van der Waals surface area contributed by atoms with E-state index in [9.17, 15) is 0 Å². The van der Waals surface area contributed by atoms with E-state index >= 15 is 0 Å². The normalized spacial score (nSPS) is 12.0. The molecule has 0 aliphatic heterocycles. The molecule has 0 aliphatic rings. The summed E-state index contributed by atoms with van der Waals surface area (Å²) in [5.41, 5.74) is 7.03. The van der Waals surface area contributed by atoms with Crippen molar-refractivity contribution in [2.24, 2.45) is 0 Å². The molecule has 2 aromatic rings. The molecule has 6 heteroatoms. The minimum Gasteiger partial charge on any atom is -0.368 e. The second kappa shape index (κ2) is 6.88. The van der Waals surface area contributed by atoms with Crippen molar-refractivity contribution in [2.75, 3.05) is 36.6 Å². The molecule has 0 radical (unpaired) electrons. The maximum Gasteiger partial charge on any atom is 0.231 e. The molecule has 0 fully saturated rings. The average Bonchev–Trinajstić information content (AvgIpc) is 2.47. The van der Waals surface area contributed by atoms with Crippen molar-refractivity contribution in [1.29, 1.82) is 0 Å². The lowest BCUT2D eigenvalue weighted by molar-refractivity contribution is 0.703. The SMILES string of the molecule is CC(CCNc1nc(N)nc(N(C)C)n1)c1ccccc1. The van der Waals surface area contributed by atoms with Gasteiger partial charge in [-0.2, -0.15) is 15.0 Å². The van der Waals surface area contributed by atoms with Gasteiger partial charge in [0.05, 0.1) is 0 Å². The Morgan fingerprint density at radius 1 is 1.14 bits per heavy atom.